The number of carbonyl (C=O) groups excluding carboxylic acids is 1. The number of esters is 1. The molecule has 0 aliphatic heterocycles. The molecule has 2 nitrogen and oxygen atoms in total. The Morgan fingerprint density at radius 2 is 2.00 bits per heavy atom. The Labute approximate surface area is 82.5 Å². The molecule has 0 fully saturated rings. The maximum Gasteiger partial charge on any atom is 0.339 e. The molecule has 0 atom stereocenters. The Balaban J connectivity index is 3.28. The van der Waals surface area contributed by atoms with E-state index < -0.39 is 5.97 Å². The van der Waals surface area contributed by atoms with Gasteiger partial charge in [0.1, 0.15) is 0 Å². The minimum Gasteiger partial charge on any atom is -0.465 e. The van der Waals surface area contributed by atoms with Crippen molar-refractivity contribution in [2.45, 2.75) is 13.8 Å². The third-order valence-electron chi connectivity index (χ3n) is 1.80. The van der Waals surface area contributed by atoms with Crippen molar-refractivity contribution in [3.05, 3.63) is 33.8 Å². The monoisotopic (exact) mass is 198 g/mol. The molecular weight excluding hydrogens is 188 g/mol. The van der Waals surface area contributed by atoms with Gasteiger partial charge in [0.15, 0.2) is 0 Å². The number of halogens is 1. The van der Waals surface area contributed by atoms with E-state index in [2.05, 4.69) is 4.74 Å². The molecule has 0 unspecified atom stereocenters. The zero-order chi connectivity index (χ0) is 10.0. The molecule has 0 aromatic heterocycles. The van der Waals surface area contributed by atoms with Crippen LogP contribution in [0.5, 0.6) is 0 Å². The van der Waals surface area contributed by atoms with Crippen LogP contribution < -0.4 is 0 Å². The van der Waals surface area contributed by atoms with E-state index in [4.69, 9.17) is 11.6 Å². The van der Waals surface area contributed by atoms with E-state index in [1.54, 1.807) is 6.07 Å². The summed E-state index contributed by atoms with van der Waals surface area (Å²) in [5.74, 6) is -0.392. The van der Waals surface area contributed by atoms with Crippen LogP contribution >= 0.6 is 11.6 Å². The number of benzene rings is 1. The summed E-state index contributed by atoms with van der Waals surface area (Å²) in [5.41, 5.74) is 2.33. The number of ether oxygens (including phenoxy) is 1. The molecule has 0 saturated carbocycles. The van der Waals surface area contributed by atoms with Crippen molar-refractivity contribution in [3.63, 3.8) is 0 Å². The number of carbonyl (C=O) groups is 1. The fraction of sp³-hybridized carbons (Fsp3) is 0.300. The topological polar surface area (TPSA) is 26.3 Å². The lowest BCUT2D eigenvalue weighted by molar-refractivity contribution is 0.0600. The minimum atomic E-state index is -0.392. The first-order chi connectivity index (χ1) is 6.06. The van der Waals surface area contributed by atoms with Crippen LogP contribution in [0.2, 0.25) is 5.02 Å². The third kappa shape index (κ3) is 2.01. The molecule has 0 bridgehead atoms. The molecule has 0 spiro atoms. The van der Waals surface area contributed by atoms with Crippen molar-refractivity contribution >= 4 is 17.6 Å². The molecule has 0 saturated heterocycles. The molecule has 13 heavy (non-hydrogen) atoms. The van der Waals surface area contributed by atoms with E-state index in [0.717, 1.165) is 11.1 Å². The van der Waals surface area contributed by atoms with Crippen molar-refractivity contribution in [3.8, 4) is 0 Å². The van der Waals surface area contributed by atoms with E-state index in [-0.39, 0.29) is 0 Å². The molecule has 0 aliphatic rings. The van der Waals surface area contributed by atoms with Crippen LogP contribution in [0.15, 0.2) is 12.1 Å². The summed E-state index contributed by atoms with van der Waals surface area (Å²) in [4.78, 5) is 11.2. The highest BCUT2D eigenvalue weighted by Gasteiger charge is 2.12. The van der Waals surface area contributed by atoms with Gasteiger partial charge >= 0.3 is 5.97 Å². The van der Waals surface area contributed by atoms with Crippen molar-refractivity contribution in [1.82, 2.24) is 0 Å². The second-order valence-electron chi connectivity index (χ2n) is 2.93. The zero-order valence-electron chi connectivity index (χ0n) is 7.85. The maximum absolute atomic E-state index is 11.2. The fourth-order valence-electron chi connectivity index (χ4n) is 1.21. The smallest absolute Gasteiger partial charge is 0.339 e. The Bertz CT molecular complexity index is 345. The average molecular weight is 199 g/mol. The van der Waals surface area contributed by atoms with E-state index in [1.807, 2.05) is 19.9 Å². The molecule has 1 rings (SSSR count). The number of aryl methyl sites for hydroxylation is 2. The van der Waals surface area contributed by atoms with Crippen molar-refractivity contribution in [1.29, 1.82) is 0 Å². The summed E-state index contributed by atoms with van der Waals surface area (Å²) in [5, 5.41) is 0.470. The maximum atomic E-state index is 11.2. The summed E-state index contributed by atoms with van der Waals surface area (Å²) in [7, 11) is 1.34. The number of methoxy groups -OCH3 is 1. The van der Waals surface area contributed by atoms with Crippen LogP contribution in [0.25, 0.3) is 0 Å². The lowest BCUT2D eigenvalue weighted by Crippen LogP contribution is -2.03. The quantitative estimate of drug-likeness (QED) is 0.649. The number of rotatable bonds is 1. The first-order valence-corrected chi connectivity index (χ1v) is 4.29. The molecule has 70 valence electrons. The van der Waals surface area contributed by atoms with E-state index in [0.29, 0.717) is 10.6 Å². The fourth-order valence-corrected chi connectivity index (χ4v) is 1.39. The molecular formula is C10H11ClO2. The van der Waals surface area contributed by atoms with Crippen LogP contribution in [-0.4, -0.2) is 13.1 Å². The second-order valence-corrected chi connectivity index (χ2v) is 3.31. The summed E-state index contributed by atoms with van der Waals surface area (Å²) in [6.07, 6.45) is 0. The van der Waals surface area contributed by atoms with Crippen molar-refractivity contribution in [2.24, 2.45) is 0 Å². The van der Waals surface area contributed by atoms with Crippen LogP contribution in [0.4, 0.5) is 0 Å². The Hall–Kier alpha value is -1.02. The SMILES string of the molecule is COC(=O)c1cc(C)cc(C)c1Cl. The lowest BCUT2D eigenvalue weighted by Gasteiger charge is -2.06. The predicted molar refractivity (Wildman–Crippen MR) is 52.3 cm³/mol. The Morgan fingerprint density at radius 1 is 1.38 bits per heavy atom. The van der Waals surface area contributed by atoms with Gasteiger partial charge in [0.05, 0.1) is 17.7 Å². The molecule has 3 heteroatoms. The van der Waals surface area contributed by atoms with Gasteiger partial charge in [-0.05, 0) is 31.0 Å². The Morgan fingerprint density at radius 3 is 2.54 bits per heavy atom. The van der Waals surface area contributed by atoms with Crippen LogP contribution in [-0.2, 0) is 4.74 Å². The van der Waals surface area contributed by atoms with Gasteiger partial charge in [-0.25, -0.2) is 4.79 Å². The van der Waals surface area contributed by atoms with Crippen LogP contribution in [0.3, 0.4) is 0 Å². The van der Waals surface area contributed by atoms with Gasteiger partial charge in [0.2, 0.25) is 0 Å². The van der Waals surface area contributed by atoms with Crippen LogP contribution in [0, 0.1) is 13.8 Å². The number of hydrogen-bond donors (Lipinski definition) is 0. The van der Waals surface area contributed by atoms with Gasteiger partial charge in [0, 0.05) is 0 Å². The summed E-state index contributed by atoms with van der Waals surface area (Å²) in [6.45, 7) is 3.78. The highest BCUT2D eigenvalue weighted by Crippen LogP contribution is 2.22. The molecule has 1 aromatic rings. The molecule has 1 aromatic carbocycles. The average Bonchev–Trinajstić information content (AvgIpc) is 2.10. The molecule has 0 heterocycles. The number of hydrogen-bond acceptors (Lipinski definition) is 2. The molecule has 0 N–H and O–H groups in total. The Kier molecular flexibility index (Phi) is 2.94. The van der Waals surface area contributed by atoms with Gasteiger partial charge in [-0.2, -0.15) is 0 Å². The van der Waals surface area contributed by atoms with Crippen molar-refractivity contribution in [2.75, 3.05) is 7.11 Å². The first kappa shape index (κ1) is 10.1. The van der Waals surface area contributed by atoms with E-state index in [1.165, 1.54) is 7.11 Å². The van der Waals surface area contributed by atoms with Gasteiger partial charge in [-0.3, -0.25) is 0 Å². The molecule has 0 aliphatic carbocycles. The van der Waals surface area contributed by atoms with Gasteiger partial charge in [-0.1, -0.05) is 17.7 Å². The summed E-state index contributed by atoms with van der Waals surface area (Å²) >= 11 is 5.94. The highest BCUT2D eigenvalue weighted by atomic mass is 35.5. The van der Waals surface area contributed by atoms with E-state index in [9.17, 15) is 4.79 Å². The van der Waals surface area contributed by atoms with Gasteiger partial charge < -0.3 is 4.74 Å². The van der Waals surface area contributed by atoms with Crippen molar-refractivity contribution < 1.29 is 9.53 Å². The molecule has 0 radical (unpaired) electrons. The van der Waals surface area contributed by atoms with E-state index >= 15 is 0 Å². The van der Waals surface area contributed by atoms with Gasteiger partial charge in [0.25, 0.3) is 0 Å². The summed E-state index contributed by atoms with van der Waals surface area (Å²) in [6, 6.07) is 3.65. The largest absolute Gasteiger partial charge is 0.465 e. The zero-order valence-corrected chi connectivity index (χ0v) is 8.61. The van der Waals surface area contributed by atoms with Crippen LogP contribution in [0.1, 0.15) is 21.5 Å². The minimum absolute atomic E-state index is 0.392. The predicted octanol–water partition coefficient (Wildman–Crippen LogP) is 2.74. The first-order valence-electron chi connectivity index (χ1n) is 3.91. The third-order valence-corrected chi connectivity index (χ3v) is 2.31. The normalized spacial score (nSPS) is 9.85. The highest BCUT2D eigenvalue weighted by molar-refractivity contribution is 6.34. The second kappa shape index (κ2) is 3.79. The summed E-state index contributed by atoms with van der Waals surface area (Å²) < 4.78 is 4.60. The lowest BCUT2D eigenvalue weighted by atomic mass is 10.1. The van der Waals surface area contributed by atoms with Gasteiger partial charge in [-0.15, -0.1) is 0 Å². The molecule has 0 amide bonds. The standard InChI is InChI=1S/C10H11ClO2/c1-6-4-7(2)9(11)8(5-6)10(12)13-3/h4-5H,1-3H3.